The highest BCUT2D eigenvalue weighted by molar-refractivity contribution is 5.46. The van der Waals surface area contributed by atoms with E-state index >= 15 is 0 Å². The lowest BCUT2D eigenvalue weighted by Crippen LogP contribution is -2.27. The Hall–Kier alpha value is -1.02. The number of hydrogen-bond donors (Lipinski definition) is 1. The second kappa shape index (κ2) is 6.24. The quantitative estimate of drug-likeness (QED) is 0.824. The number of para-hydroxylation sites is 1. The van der Waals surface area contributed by atoms with Crippen molar-refractivity contribution in [1.29, 1.82) is 0 Å². The molecule has 0 amide bonds. The number of ether oxygens (including phenoxy) is 1. The monoisotopic (exact) mass is 247 g/mol. The molecule has 0 aromatic heterocycles. The zero-order valence-corrected chi connectivity index (χ0v) is 11.6. The van der Waals surface area contributed by atoms with E-state index in [1.807, 2.05) is 18.2 Å². The lowest BCUT2D eigenvalue weighted by Gasteiger charge is -2.32. The summed E-state index contributed by atoms with van der Waals surface area (Å²) in [4.78, 5) is 0. The highest BCUT2D eigenvalue weighted by atomic mass is 16.5. The largest absolute Gasteiger partial charge is 0.399 e. The molecule has 0 radical (unpaired) electrons. The molecule has 1 fully saturated rings. The van der Waals surface area contributed by atoms with Crippen LogP contribution in [0.4, 0.5) is 5.69 Å². The molecule has 2 nitrogen and oxygen atoms in total. The van der Waals surface area contributed by atoms with E-state index in [1.54, 1.807) is 0 Å². The Bertz CT molecular complexity index is 377. The molecule has 2 heteroatoms. The number of rotatable bonds is 4. The summed E-state index contributed by atoms with van der Waals surface area (Å²) in [6.07, 6.45) is 5.12. The highest BCUT2D eigenvalue weighted by Crippen LogP contribution is 2.31. The van der Waals surface area contributed by atoms with Crippen LogP contribution in [0.1, 0.15) is 38.7 Å². The molecule has 3 atom stereocenters. The molecule has 1 aliphatic carbocycles. The first-order chi connectivity index (χ1) is 8.66. The molecule has 0 heterocycles. The summed E-state index contributed by atoms with van der Waals surface area (Å²) in [5.74, 6) is 1.65. The number of nitrogens with two attached hydrogens (primary N) is 1. The average molecular weight is 247 g/mol. The van der Waals surface area contributed by atoms with E-state index in [-0.39, 0.29) is 0 Å². The number of benzene rings is 1. The van der Waals surface area contributed by atoms with Crippen LogP contribution >= 0.6 is 0 Å². The van der Waals surface area contributed by atoms with E-state index in [0.717, 1.165) is 30.6 Å². The lowest BCUT2D eigenvalue weighted by atomic mass is 9.80. The number of nitrogen functional groups attached to an aromatic ring is 1. The first-order valence-electron chi connectivity index (χ1n) is 7.11. The fourth-order valence-electron chi connectivity index (χ4n) is 2.75. The van der Waals surface area contributed by atoms with Gasteiger partial charge in [-0.3, -0.25) is 0 Å². The first-order valence-corrected chi connectivity index (χ1v) is 7.11. The van der Waals surface area contributed by atoms with Gasteiger partial charge in [0.2, 0.25) is 0 Å². The molecular weight excluding hydrogens is 222 g/mol. The summed E-state index contributed by atoms with van der Waals surface area (Å²) in [7, 11) is 0. The third kappa shape index (κ3) is 3.49. The van der Waals surface area contributed by atoms with Crippen LogP contribution in [0.3, 0.4) is 0 Å². The summed E-state index contributed by atoms with van der Waals surface area (Å²) >= 11 is 0. The van der Waals surface area contributed by atoms with Crippen molar-refractivity contribution in [3.05, 3.63) is 29.8 Å². The van der Waals surface area contributed by atoms with E-state index in [4.69, 9.17) is 10.5 Å². The van der Waals surface area contributed by atoms with Gasteiger partial charge in [-0.05, 0) is 49.1 Å². The second-order valence-corrected chi connectivity index (χ2v) is 5.71. The second-order valence-electron chi connectivity index (χ2n) is 5.71. The van der Waals surface area contributed by atoms with Gasteiger partial charge in [0.25, 0.3) is 0 Å². The molecule has 0 saturated heterocycles. The fraction of sp³-hybridized carbons (Fsp3) is 0.625. The topological polar surface area (TPSA) is 35.2 Å². The van der Waals surface area contributed by atoms with Crippen molar-refractivity contribution >= 4 is 5.69 Å². The molecular formula is C16H25NO. The molecule has 1 aromatic rings. The molecule has 18 heavy (non-hydrogen) atoms. The normalized spacial score (nSPS) is 28.2. The van der Waals surface area contributed by atoms with Crippen LogP contribution in [0.15, 0.2) is 24.3 Å². The standard InChI is InChI=1S/C16H25NO/c1-12-7-8-15(11-13(12)2)18-10-9-14-5-3-4-6-16(14)17/h3-6,12-13,15H,7-11,17H2,1-2H3. The number of hydrogen-bond acceptors (Lipinski definition) is 2. The minimum absolute atomic E-state index is 0.459. The SMILES string of the molecule is CC1CCC(OCCc2ccccc2N)CC1C. The molecule has 1 saturated carbocycles. The van der Waals surface area contributed by atoms with Crippen molar-refractivity contribution in [1.82, 2.24) is 0 Å². The Labute approximate surface area is 111 Å². The van der Waals surface area contributed by atoms with Gasteiger partial charge in [0.05, 0.1) is 12.7 Å². The van der Waals surface area contributed by atoms with E-state index in [9.17, 15) is 0 Å². The molecule has 1 aliphatic rings. The Kier molecular flexibility index (Phi) is 4.65. The van der Waals surface area contributed by atoms with E-state index in [1.165, 1.54) is 24.8 Å². The van der Waals surface area contributed by atoms with Crippen molar-refractivity contribution in [2.75, 3.05) is 12.3 Å². The molecule has 2 rings (SSSR count). The van der Waals surface area contributed by atoms with Crippen molar-refractivity contribution in [3.8, 4) is 0 Å². The minimum Gasteiger partial charge on any atom is -0.399 e. The maximum Gasteiger partial charge on any atom is 0.0578 e. The molecule has 0 aliphatic heterocycles. The minimum atomic E-state index is 0.459. The Morgan fingerprint density at radius 3 is 2.67 bits per heavy atom. The smallest absolute Gasteiger partial charge is 0.0578 e. The van der Waals surface area contributed by atoms with Crippen LogP contribution in [0.2, 0.25) is 0 Å². The maximum absolute atomic E-state index is 6.01. The van der Waals surface area contributed by atoms with Gasteiger partial charge in [-0.15, -0.1) is 0 Å². The van der Waals surface area contributed by atoms with Crippen LogP contribution in [0, 0.1) is 11.8 Å². The summed E-state index contributed by atoms with van der Waals surface area (Å²) in [5, 5.41) is 0. The predicted octanol–water partition coefficient (Wildman–Crippen LogP) is 3.65. The van der Waals surface area contributed by atoms with Gasteiger partial charge >= 0.3 is 0 Å². The predicted molar refractivity (Wildman–Crippen MR) is 76.5 cm³/mol. The van der Waals surface area contributed by atoms with Gasteiger partial charge in [0.1, 0.15) is 0 Å². The van der Waals surface area contributed by atoms with Crippen LogP contribution in [0.25, 0.3) is 0 Å². The van der Waals surface area contributed by atoms with Gasteiger partial charge in [-0.25, -0.2) is 0 Å². The third-order valence-electron chi connectivity index (χ3n) is 4.33. The first kappa shape index (κ1) is 13.4. The molecule has 2 N–H and O–H groups in total. The average Bonchev–Trinajstić information content (AvgIpc) is 2.36. The fourth-order valence-corrected chi connectivity index (χ4v) is 2.75. The third-order valence-corrected chi connectivity index (χ3v) is 4.33. The Balaban J connectivity index is 1.74. The van der Waals surface area contributed by atoms with Crippen molar-refractivity contribution < 1.29 is 4.74 Å². The van der Waals surface area contributed by atoms with Gasteiger partial charge in [0, 0.05) is 5.69 Å². The van der Waals surface area contributed by atoms with Crippen molar-refractivity contribution in [3.63, 3.8) is 0 Å². The highest BCUT2D eigenvalue weighted by Gasteiger charge is 2.24. The Morgan fingerprint density at radius 2 is 1.94 bits per heavy atom. The molecule has 3 unspecified atom stereocenters. The van der Waals surface area contributed by atoms with E-state index in [2.05, 4.69) is 19.9 Å². The van der Waals surface area contributed by atoms with Crippen molar-refractivity contribution in [2.24, 2.45) is 11.8 Å². The molecule has 0 spiro atoms. The van der Waals surface area contributed by atoms with Gasteiger partial charge in [0.15, 0.2) is 0 Å². The summed E-state index contributed by atoms with van der Waals surface area (Å²) in [6, 6.07) is 8.06. The van der Waals surface area contributed by atoms with Crippen molar-refractivity contribution in [2.45, 2.75) is 45.6 Å². The summed E-state index contributed by atoms with van der Waals surface area (Å²) in [5.41, 5.74) is 8.01. The zero-order valence-electron chi connectivity index (χ0n) is 11.6. The molecule has 0 bridgehead atoms. The summed E-state index contributed by atoms with van der Waals surface area (Å²) < 4.78 is 6.01. The maximum atomic E-state index is 6.01. The zero-order chi connectivity index (χ0) is 13.0. The van der Waals surface area contributed by atoms with Gasteiger partial charge in [-0.2, -0.15) is 0 Å². The van der Waals surface area contributed by atoms with Crippen LogP contribution in [-0.2, 0) is 11.2 Å². The van der Waals surface area contributed by atoms with Gasteiger partial charge in [-0.1, -0.05) is 32.0 Å². The number of anilines is 1. The summed E-state index contributed by atoms with van der Waals surface area (Å²) in [6.45, 7) is 5.49. The van der Waals surface area contributed by atoms with Crippen LogP contribution < -0.4 is 5.73 Å². The van der Waals surface area contributed by atoms with Gasteiger partial charge < -0.3 is 10.5 Å². The van der Waals surface area contributed by atoms with Crippen LogP contribution in [0.5, 0.6) is 0 Å². The Morgan fingerprint density at radius 1 is 1.17 bits per heavy atom. The lowest BCUT2D eigenvalue weighted by molar-refractivity contribution is 0.00422. The van der Waals surface area contributed by atoms with E-state index in [0.29, 0.717) is 6.10 Å². The molecule has 100 valence electrons. The molecule has 1 aromatic carbocycles. The van der Waals surface area contributed by atoms with Crippen LogP contribution in [-0.4, -0.2) is 12.7 Å². The van der Waals surface area contributed by atoms with E-state index < -0.39 is 0 Å².